The molecule has 0 aromatic heterocycles. The molecule has 150 valence electrons. The summed E-state index contributed by atoms with van der Waals surface area (Å²) in [5.74, 6) is 0.0963. The zero-order valence-electron chi connectivity index (χ0n) is 16.1. The molecule has 1 rings (SSSR count). The van der Waals surface area contributed by atoms with Crippen molar-refractivity contribution >= 4 is 18.0 Å². The first kappa shape index (κ1) is 22.7. The maximum Gasteiger partial charge on any atom is 0.307 e. The van der Waals surface area contributed by atoms with Gasteiger partial charge in [0.2, 0.25) is 5.91 Å². The lowest BCUT2D eigenvalue weighted by Crippen LogP contribution is -2.35. The van der Waals surface area contributed by atoms with E-state index in [0.717, 1.165) is 17.7 Å². The van der Waals surface area contributed by atoms with Crippen LogP contribution in [0.3, 0.4) is 0 Å². The Hall–Kier alpha value is -2.38. The standard InChI is InChI=1S/C20H29NO6/c1-3-14-27-18-7-5-4-6-17(18)8-9-19(23)21(11-10-20(24)25-2)12-15-26-16-13-22/h4-9,22H,3,10-16H2,1-2H3/b9-8+. The van der Waals surface area contributed by atoms with Crippen molar-refractivity contribution in [3.05, 3.63) is 35.9 Å². The number of aliphatic hydroxyl groups excluding tert-OH is 1. The number of nitrogens with zero attached hydrogens (tertiary/aromatic N) is 1. The van der Waals surface area contributed by atoms with Crippen LogP contribution in [-0.2, 0) is 19.1 Å². The monoisotopic (exact) mass is 379 g/mol. The van der Waals surface area contributed by atoms with Gasteiger partial charge < -0.3 is 24.2 Å². The third-order valence-electron chi connectivity index (χ3n) is 3.65. The summed E-state index contributed by atoms with van der Waals surface area (Å²) in [7, 11) is 1.31. The molecular formula is C20H29NO6. The van der Waals surface area contributed by atoms with Crippen molar-refractivity contribution < 1.29 is 28.9 Å². The summed E-state index contributed by atoms with van der Waals surface area (Å²) < 4.78 is 15.5. The van der Waals surface area contributed by atoms with E-state index in [1.54, 1.807) is 6.08 Å². The van der Waals surface area contributed by atoms with Crippen LogP contribution in [0, 0.1) is 0 Å². The fraction of sp³-hybridized carbons (Fsp3) is 0.500. The molecule has 1 amide bonds. The molecule has 7 nitrogen and oxygen atoms in total. The molecule has 1 aromatic rings. The number of rotatable bonds is 13. The molecule has 0 atom stereocenters. The van der Waals surface area contributed by atoms with E-state index in [4.69, 9.17) is 14.6 Å². The first-order chi connectivity index (χ1) is 13.1. The number of amides is 1. The van der Waals surface area contributed by atoms with E-state index in [2.05, 4.69) is 4.74 Å². The second-order valence-corrected chi connectivity index (χ2v) is 5.71. The summed E-state index contributed by atoms with van der Waals surface area (Å²) in [6.07, 6.45) is 4.16. The molecule has 0 fully saturated rings. The number of para-hydroxylation sites is 1. The zero-order valence-corrected chi connectivity index (χ0v) is 16.1. The molecule has 0 aliphatic carbocycles. The highest BCUT2D eigenvalue weighted by atomic mass is 16.5. The highest BCUT2D eigenvalue weighted by Gasteiger charge is 2.13. The van der Waals surface area contributed by atoms with Gasteiger partial charge in [0.25, 0.3) is 0 Å². The topological polar surface area (TPSA) is 85.3 Å². The number of carbonyl (C=O) groups excluding carboxylic acids is 2. The predicted octanol–water partition coefficient (Wildman–Crippen LogP) is 1.89. The van der Waals surface area contributed by atoms with Gasteiger partial charge in [-0.05, 0) is 18.6 Å². The average Bonchev–Trinajstić information content (AvgIpc) is 2.70. The van der Waals surface area contributed by atoms with Crippen molar-refractivity contribution in [2.45, 2.75) is 19.8 Å². The average molecular weight is 379 g/mol. The second-order valence-electron chi connectivity index (χ2n) is 5.71. The number of benzene rings is 1. The molecule has 0 heterocycles. The van der Waals surface area contributed by atoms with Gasteiger partial charge >= 0.3 is 5.97 Å². The Bertz CT molecular complexity index is 602. The summed E-state index contributed by atoms with van der Waals surface area (Å²) in [6.45, 7) is 3.58. The van der Waals surface area contributed by atoms with Gasteiger partial charge in [-0.3, -0.25) is 9.59 Å². The van der Waals surface area contributed by atoms with Crippen LogP contribution >= 0.6 is 0 Å². The van der Waals surface area contributed by atoms with Crippen molar-refractivity contribution in [1.82, 2.24) is 4.90 Å². The summed E-state index contributed by atoms with van der Waals surface area (Å²) in [6, 6.07) is 7.49. The zero-order chi connectivity index (χ0) is 19.9. The van der Waals surface area contributed by atoms with Crippen molar-refractivity contribution in [2.24, 2.45) is 0 Å². The van der Waals surface area contributed by atoms with Crippen LogP contribution in [0.5, 0.6) is 5.75 Å². The Balaban J connectivity index is 2.75. The molecule has 1 N–H and O–H groups in total. The van der Waals surface area contributed by atoms with Crippen molar-refractivity contribution in [2.75, 3.05) is 46.6 Å². The first-order valence-electron chi connectivity index (χ1n) is 9.06. The molecule has 0 saturated carbocycles. The molecule has 27 heavy (non-hydrogen) atoms. The van der Waals surface area contributed by atoms with Crippen molar-refractivity contribution in [3.63, 3.8) is 0 Å². The molecule has 0 saturated heterocycles. The maximum atomic E-state index is 12.5. The van der Waals surface area contributed by atoms with Crippen LogP contribution in [0.15, 0.2) is 30.3 Å². The highest BCUT2D eigenvalue weighted by molar-refractivity contribution is 5.92. The maximum absolute atomic E-state index is 12.5. The van der Waals surface area contributed by atoms with Crippen molar-refractivity contribution in [3.8, 4) is 5.75 Å². The van der Waals surface area contributed by atoms with Crippen LogP contribution in [0.2, 0.25) is 0 Å². The van der Waals surface area contributed by atoms with Gasteiger partial charge in [0.05, 0.1) is 40.0 Å². The van der Waals surface area contributed by atoms with E-state index in [9.17, 15) is 9.59 Å². The number of carbonyl (C=O) groups is 2. The van der Waals surface area contributed by atoms with E-state index < -0.39 is 0 Å². The van der Waals surface area contributed by atoms with Gasteiger partial charge in [0.1, 0.15) is 5.75 Å². The molecule has 0 radical (unpaired) electrons. The smallest absolute Gasteiger partial charge is 0.307 e. The molecule has 0 bridgehead atoms. The van der Waals surface area contributed by atoms with E-state index >= 15 is 0 Å². The molecule has 0 spiro atoms. The van der Waals surface area contributed by atoms with Crippen LogP contribution in [0.25, 0.3) is 6.08 Å². The van der Waals surface area contributed by atoms with Crippen LogP contribution < -0.4 is 4.74 Å². The third-order valence-corrected chi connectivity index (χ3v) is 3.65. The van der Waals surface area contributed by atoms with E-state index in [1.807, 2.05) is 31.2 Å². The largest absolute Gasteiger partial charge is 0.493 e. The minimum Gasteiger partial charge on any atom is -0.493 e. The Morgan fingerprint density at radius 2 is 1.93 bits per heavy atom. The second kappa shape index (κ2) is 13.8. The molecule has 1 aromatic carbocycles. The lowest BCUT2D eigenvalue weighted by Gasteiger charge is -2.20. The molecule has 0 aliphatic rings. The van der Waals surface area contributed by atoms with E-state index in [-0.39, 0.29) is 44.7 Å². The summed E-state index contributed by atoms with van der Waals surface area (Å²) in [5.41, 5.74) is 0.809. The minimum absolute atomic E-state index is 0.0788. The van der Waals surface area contributed by atoms with Gasteiger partial charge in [-0.1, -0.05) is 25.1 Å². The Morgan fingerprint density at radius 1 is 1.15 bits per heavy atom. The van der Waals surface area contributed by atoms with E-state index in [1.165, 1.54) is 18.1 Å². The van der Waals surface area contributed by atoms with Gasteiger partial charge in [-0.2, -0.15) is 0 Å². The number of aliphatic hydroxyl groups is 1. The predicted molar refractivity (Wildman–Crippen MR) is 102 cm³/mol. The third kappa shape index (κ3) is 9.21. The number of hydrogen-bond acceptors (Lipinski definition) is 6. The van der Waals surface area contributed by atoms with Crippen LogP contribution in [-0.4, -0.2) is 68.5 Å². The van der Waals surface area contributed by atoms with Crippen LogP contribution in [0.4, 0.5) is 0 Å². The molecular weight excluding hydrogens is 350 g/mol. The lowest BCUT2D eigenvalue weighted by atomic mass is 10.2. The number of hydrogen-bond donors (Lipinski definition) is 1. The summed E-state index contributed by atoms with van der Waals surface area (Å²) in [4.78, 5) is 25.4. The van der Waals surface area contributed by atoms with Crippen molar-refractivity contribution in [1.29, 1.82) is 0 Å². The van der Waals surface area contributed by atoms with E-state index in [0.29, 0.717) is 13.2 Å². The lowest BCUT2D eigenvalue weighted by molar-refractivity contribution is -0.141. The SMILES string of the molecule is CCCOc1ccccc1/C=C/C(=O)N(CCOCCO)CCC(=O)OC. The van der Waals surface area contributed by atoms with Gasteiger partial charge in [-0.25, -0.2) is 0 Å². The fourth-order valence-electron chi connectivity index (χ4n) is 2.23. The Morgan fingerprint density at radius 3 is 2.63 bits per heavy atom. The number of methoxy groups -OCH3 is 1. The van der Waals surface area contributed by atoms with Gasteiger partial charge in [-0.15, -0.1) is 0 Å². The minimum atomic E-state index is -0.383. The quantitative estimate of drug-likeness (QED) is 0.320. The summed E-state index contributed by atoms with van der Waals surface area (Å²) in [5, 5.41) is 8.76. The summed E-state index contributed by atoms with van der Waals surface area (Å²) >= 11 is 0. The first-order valence-corrected chi connectivity index (χ1v) is 9.06. The van der Waals surface area contributed by atoms with Gasteiger partial charge in [0.15, 0.2) is 0 Å². The van der Waals surface area contributed by atoms with Crippen LogP contribution in [0.1, 0.15) is 25.3 Å². The molecule has 0 aliphatic heterocycles. The van der Waals surface area contributed by atoms with Gasteiger partial charge in [0, 0.05) is 24.7 Å². The number of esters is 1. The fourth-order valence-corrected chi connectivity index (χ4v) is 2.23. The molecule has 0 unspecified atom stereocenters. The normalized spacial score (nSPS) is 10.8. The highest BCUT2D eigenvalue weighted by Crippen LogP contribution is 2.19. The number of ether oxygens (including phenoxy) is 3. The molecule has 7 heteroatoms. The Kier molecular flexibility index (Phi) is 11.6. The Labute approximate surface area is 160 Å².